The molecule has 3 rings (SSSR count). The molecule has 0 saturated heterocycles. The second-order valence-electron chi connectivity index (χ2n) is 4.30. The Hall–Kier alpha value is -1.48. The summed E-state index contributed by atoms with van der Waals surface area (Å²) in [6, 6.07) is 4.66. The zero-order valence-corrected chi connectivity index (χ0v) is 14.0. The Morgan fingerprint density at radius 2 is 2.05 bits per heavy atom. The molecule has 1 aromatic carbocycles. The van der Waals surface area contributed by atoms with Gasteiger partial charge in [-0.05, 0) is 18.2 Å². The van der Waals surface area contributed by atoms with Crippen LogP contribution in [0.2, 0.25) is 5.15 Å². The van der Waals surface area contributed by atoms with Crippen LogP contribution in [0.5, 0.6) is 5.75 Å². The quantitative estimate of drug-likeness (QED) is 0.363. The first kappa shape index (κ1) is 14.5. The van der Waals surface area contributed by atoms with E-state index in [0.29, 0.717) is 26.4 Å². The highest BCUT2D eigenvalue weighted by molar-refractivity contribution is 14.1. The third-order valence-electron chi connectivity index (χ3n) is 3.06. The number of hydrogen-bond acceptors (Lipinski definition) is 4. The fourth-order valence-electron chi connectivity index (χ4n) is 2.07. The van der Waals surface area contributed by atoms with Crippen molar-refractivity contribution in [2.45, 2.75) is 0 Å². The van der Waals surface area contributed by atoms with Gasteiger partial charge in [0.15, 0.2) is 26.2 Å². The van der Waals surface area contributed by atoms with E-state index in [1.165, 1.54) is 13.2 Å². The zero-order chi connectivity index (χ0) is 15.1. The van der Waals surface area contributed by atoms with Gasteiger partial charge >= 0.3 is 0 Å². The highest BCUT2D eigenvalue weighted by Gasteiger charge is 2.16. The summed E-state index contributed by atoms with van der Waals surface area (Å²) in [6.07, 6.45) is 0. The molecule has 3 aromatic rings. The van der Waals surface area contributed by atoms with Crippen molar-refractivity contribution in [2.24, 2.45) is 7.05 Å². The minimum atomic E-state index is -0.450. The first-order valence-corrected chi connectivity index (χ1v) is 7.36. The van der Waals surface area contributed by atoms with E-state index in [1.54, 1.807) is 23.7 Å². The van der Waals surface area contributed by atoms with Crippen LogP contribution in [0.15, 0.2) is 18.2 Å². The Morgan fingerprint density at radius 1 is 1.29 bits per heavy atom. The van der Waals surface area contributed by atoms with Crippen molar-refractivity contribution >= 4 is 45.4 Å². The van der Waals surface area contributed by atoms with E-state index in [2.05, 4.69) is 15.0 Å². The number of ether oxygens (including phenoxy) is 1. The molecule has 0 N–H and O–H groups in total. The van der Waals surface area contributed by atoms with Crippen molar-refractivity contribution < 1.29 is 9.13 Å². The summed E-state index contributed by atoms with van der Waals surface area (Å²) < 4.78 is 21.0. The van der Waals surface area contributed by atoms with Gasteiger partial charge in [-0.2, -0.15) is 0 Å². The molecule has 0 amide bonds. The molecule has 0 aliphatic heterocycles. The van der Waals surface area contributed by atoms with E-state index in [1.807, 2.05) is 22.6 Å². The van der Waals surface area contributed by atoms with Crippen LogP contribution in [0.4, 0.5) is 4.39 Å². The number of halogens is 3. The Balaban J connectivity index is 2.23. The lowest BCUT2D eigenvalue weighted by Gasteiger charge is -2.05. The summed E-state index contributed by atoms with van der Waals surface area (Å²) in [5.41, 5.74) is 1.70. The van der Waals surface area contributed by atoms with Crippen LogP contribution < -0.4 is 4.74 Å². The highest BCUT2D eigenvalue weighted by atomic mass is 127. The fraction of sp³-hybridized carbons (Fsp3) is 0.154. The molecule has 0 bridgehead atoms. The molecular formula is C13H9ClFIN4O. The number of hydrogen-bond donors (Lipinski definition) is 0. The lowest BCUT2D eigenvalue weighted by Crippen LogP contribution is -1.97. The predicted molar refractivity (Wildman–Crippen MR) is 86.0 cm³/mol. The number of fused-ring (bicyclic) bond motifs is 1. The van der Waals surface area contributed by atoms with Crippen molar-refractivity contribution in [2.75, 3.05) is 7.11 Å². The average molecular weight is 419 g/mol. The third-order valence-corrected chi connectivity index (χ3v) is 3.80. The number of nitrogens with zero attached hydrogens (tertiary/aromatic N) is 4. The largest absolute Gasteiger partial charge is 0.494 e. The van der Waals surface area contributed by atoms with Gasteiger partial charge in [0, 0.05) is 35.2 Å². The van der Waals surface area contributed by atoms with Crippen LogP contribution in [0, 0.1) is 9.65 Å². The van der Waals surface area contributed by atoms with E-state index in [4.69, 9.17) is 16.3 Å². The SMILES string of the molecule is COc1ccc(-c2nc3c(Cl)nc(I)nc3n2C)cc1F. The number of benzene rings is 1. The Morgan fingerprint density at radius 3 is 2.71 bits per heavy atom. The summed E-state index contributed by atoms with van der Waals surface area (Å²) in [6.45, 7) is 0. The molecule has 0 spiro atoms. The van der Waals surface area contributed by atoms with Crippen LogP contribution in [-0.2, 0) is 7.05 Å². The minimum absolute atomic E-state index is 0.185. The smallest absolute Gasteiger partial charge is 0.194 e. The van der Waals surface area contributed by atoms with Gasteiger partial charge in [0.2, 0.25) is 0 Å². The summed E-state index contributed by atoms with van der Waals surface area (Å²) in [5.74, 6) is 0.295. The maximum absolute atomic E-state index is 13.8. The number of rotatable bonds is 2. The van der Waals surface area contributed by atoms with Gasteiger partial charge in [-0.25, -0.2) is 19.3 Å². The second-order valence-corrected chi connectivity index (χ2v) is 5.62. The van der Waals surface area contributed by atoms with Crippen LogP contribution in [0.25, 0.3) is 22.6 Å². The summed E-state index contributed by atoms with van der Waals surface area (Å²) in [7, 11) is 3.22. The van der Waals surface area contributed by atoms with E-state index in [-0.39, 0.29) is 10.9 Å². The van der Waals surface area contributed by atoms with Crippen molar-refractivity contribution in [3.63, 3.8) is 0 Å². The second kappa shape index (κ2) is 5.38. The Labute approximate surface area is 138 Å². The van der Waals surface area contributed by atoms with Gasteiger partial charge < -0.3 is 9.30 Å². The first-order chi connectivity index (χ1) is 10.0. The van der Waals surface area contributed by atoms with Gasteiger partial charge in [-0.3, -0.25) is 0 Å². The summed E-state index contributed by atoms with van der Waals surface area (Å²) in [5, 5.41) is 0.278. The average Bonchev–Trinajstić information content (AvgIpc) is 2.77. The van der Waals surface area contributed by atoms with Crippen LogP contribution in [-0.4, -0.2) is 26.6 Å². The predicted octanol–water partition coefficient (Wildman–Crippen LogP) is 3.44. The molecule has 108 valence electrons. The van der Waals surface area contributed by atoms with Crippen LogP contribution >= 0.6 is 34.2 Å². The molecule has 2 aromatic heterocycles. The minimum Gasteiger partial charge on any atom is -0.494 e. The van der Waals surface area contributed by atoms with Gasteiger partial charge in [-0.15, -0.1) is 0 Å². The maximum Gasteiger partial charge on any atom is 0.194 e. The number of aryl methyl sites for hydroxylation is 1. The standard InChI is InChI=1S/C13H9ClFIN4O/c1-20-11(6-3-4-8(21-2)7(15)5-6)17-9-10(14)18-13(16)19-12(9)20/h3-5H,1-2H3. The summed E-state index contributed by atoms with van der Waals surface area (Å²) >= 11 is 8.07. The topological polar surface area (TPSA) is 52.8 Å². The molecule has 0 atom stereocenters. The fourth-order valence-corrected chi connectivity index (χ4v) is 2.89. The van der Waals surface area contributed by atoms with Gasteiger partial charge in [0.25, 0.3) is 0 Å². The van der Waals surface area contributed by atoms with Crippen molar-refractivity contribution in [1.82, 2.24) is 19.5 Å². The summed E-state index contributed by atoms with van der Waals surface area (Å²) in [4.78, 5) is 12.8. The lowest BCUT2D eigenvalue weighted by atomic mass is 10.2. The molecule has 0 radical (unpaired) electrons. The number of methoxy groups -OCH3 is 1. The first-order valence-electron chi connectivity index (χ1n) is 5.90. The molecule has 0 aliphatic rings. The molecule has 0 aliphatic carbocycles. The van der Waals surface area contributed by atoms with Crippen molar-refractivity contribution in [3.05, 3.63) is 33.0 Å². The molecule has 0 unspecified atom stereocenters. The van der Waals surface area contributed by atoms with E-state index in [0.717, 1.165) is 0 Å². The lowest BCUT2D eigenvalue weighted by molar-refractivity contribution is 0.386. The van der Waals surface area contributed by atoms with Crippen molar-refractivity contribution in [3.8, 4) is 17.1 Å². The van der Waals surface area contributed by atoms with E-state index >= 15 is 0 Å². The molecule has 0 fully saturated rings. The monoisotopic (exact) mass is 418 g/mol. The van der Waals surface area contributed by atoms with Crippen LogP contribution in [0.3, 0.4) is 0 Å². The normalized spacial score (nSPS) is 11.1. The number of aromatic nitrogens is 4. The van der Waals surface area contributed by atoms with E-state index < -0.39 is 5.82 Å². The Kier molecular flexibility index (Phi) is 3.70. The maximum atomic E-state index is 13.8. The van der Waals surface area contributed by atoms with Crippen LogP contribution in [0.1, 0.15) is 0 Å². The van der Waals surface area contributed by atoms with E-state index in [9.17, 15) is 4.39 Å². The van der Waals surface area contributed by atoms with Gasteiger partial charge in [-0.1, -0.05) is 11.6 Å². The zero-order valence-electron chi connectivity index (χ0n) is 11.1. The highest BCUT2D eigenvalue weighted by Crippen LogP contribution is 2.29. The third kappa shape index (κ3) is 2.44. The molecule has 21 heavy (non-hydrogen) atoms. The Bertz CT molecular complexity index is 852. The molecule has 8 heteroatoms. The van der Waals surface area contributed by atoms with Gasteiger partial charge in [0.1, 0.15) is 11.3 Å². The molecule has 0 saturated carbocycles. The number of imidazole rings is 1. The molecular weight excluding hydrogens is 410 g/mol. The van der Waals surface area contributed by atoms with Crippen molar-refractivity contribution in [1.29, 1.82) is 0 Å². The molecule has 2 heterocycles. The van der Waals surface area contributed by atoms with Gasteiger partial charge in [0.05, 0.1) is 7.11 Å². The molecule has 5 nitrogen and oxygen atoms in total.